The van der Waals surface area contributed by atoms with Crippen LogP contribution in [-0.2, 0) is 5.41 Å². The highest BCUT2D eigenvalue weighted by Gasteiger charge is 2.19. The fourth-order valence-corrected chi connectivity index (χ4v) is 3.21. The molecule has 1 aromatic rings. The molecule has 1 aliphatic rings. The van der Waals surface area contributed by atoms with Gasteiger partial charge in [0.1, 0.15) is 0 Å². The van der Waals surface area contributed by atoms with Crippen molar-refractivity contribution < 1.29 is 0 Å². The van der Waals surface area contributed by atoms with Crippen molar-refractivity contribution in [2.45, 2.75) is 52.5 Å². The molecule has 0 saturated carbocycles. The molecule has 110 valence electrons. The molecule has 0 fully saturated rings. The van der Waals surface area contributed by atoms with Gasteiger partial charge in [0.05, 0.1) is 6.04 Å². The van der Waals surface area contributed by atoms with Crippen LogP contribution in [0.15, 0.2) is 29.3 Å². The van der Waals surface area contributed by atoms with E-state index in [2.05, 4.69) is 64.2 Å². The van der Waals surface area contributed by atoms with Crippen LogP contribution in [0.1, 0.15) is 46.6 Å². The number of benzene rings is 1. The molecule has 0 bridgehead atoms. The van der Waals surface area contributed by atoms with E-state index in [0.29, 0.717) is 12.0 Å². The Hall–Kier alpha value is -0.960. The number of aliphatic imine (C=N–C) groups is 1. The minimum atomic E-state index is 0.207. The van der Waals surface area contributed by atoms with Crippen LogP contribution in [0.25, 0.3) is 0 Å². The number of anilines is 1. The smallest absolute Gasteiger partial charge is 0.161 e. The summed E-state index contributed by atoms with van der Waals surface area (Å²) in [6.07, 6.45) is 1.19. The summed E-state index contributed by atoms with van der Waals surface area (Å²) in [4.78, 5) is 4.82. The first-order chi connectivity index (χ1) is 9.36. The Morgan fingerprint density at radius 1 is 1.20 bits per heavy atom. The molecular weight excluding hydrogens is 264 g/mol. The molecule has 1 N–H and O–H groups in total. The molecule has 1 aromatic carbocycles. The highest BCUT2D eigenvalue weighted by Crippen LogP contribution is 2.26. The second kappa shape index (κ2) is 6.21. The van der Waals surface area contributed by atoms with Gasteiger partial charge >= 0.3 is 0 Å². The summed E-state index contributed by atoms with van der Waals surface area (Å²) in [5, 5.41) is 4.53. The molecule has 20 heavy (non-hydrogen) atoms. The summed E-state index contributed by atoms with van der Waals surface area (Å²) in [5.41, 5.74) is 2.70. The van der Waals surface area contributed by atoms with Gasteiger partial charge in [0, 0.05) is 11.4 Å². The minimum Gasteiger partial charge on any atom is -0.335 e. The van der Waals surface area contributed by atoms with Gasteiger partial charge in [0.15, 0.2) is 5.17 Å². The normalized spacial score (nSPS) is 19.9. The number of nitrogens with one attached hydrogen (secondary N) is 1. The van der Waals surface area contributed by atoms with E-state index in [1.165, 1.54) is 12.0 Å². The molecule has 0 amide bonds. The molecule has 1 unspecified atom stereocenters. The van der Waals surface area contributed by atoms with Crippen LogP contribution < -0.4 is 5.32 Å². The monoisotopic (exact) mass is 290 g/mol. The number of amidine groups is 1. The molecule has 0 aromatic heterocycles. The fourth-order valence-electron chi connectivity index (χ4n) is 2.26. The van der Waals surface area contributed by atoms with Crippen molar-refractivity contribution in [1.29, 1.82) is 0 Å². The van der Waals surface area contributed by atoms with Gasteiger partial charge in [0.25, 0.3) is 0 Å². The number of hydrogen-bond donors (Lipinski definition) is 1. The summed E-state index contributed by atoms with van der Waals surface area (Å²) < 4.78 is 0. The second-order valence-electron chi connectivity index (χ2n) is 6.84. The molecule has 0 radical (unpaired) electrons. The van der Waals surface area contributed by atoms with E-state index >= 15 is 0 Å². The van der Waals surface area contributed by atoms with Crippen LogP contribution in [-0.4, -0.2) is 17.0 Å². The van der Waals surface area contributed by atoms with E-state index in [1.807, 2.05) is 11.8 Å². The molecule has 2 rings (SSSR count). The molecular formula is C17H26N2S. The highest BCUT2D eigenvalue weighted by molar-refractivity contribution is 8.14. The fraction of sp³-hybridized carbons (Fsp3) is 0.588. The molecule has 3 heteroatoms. The third-order valence-electron chi connectivity index (χ3n) is 3.71. The van der Waals surface area contributed by atoms with Crippen LogP contribution in [0.2, 0.25) is 0 Å². The molecule has 0 aliphatic carbocycles. The zero-order valence-electron chi connectivity index (χ0n) is 13.2. The first-order valence-electron chi connectivity index (χ1n) is 7.44. The SMILES string of the molecule is CC(C)C1CCSC(Nc2ccc(C(C)(C)C)cc2)=N1. The van der Waals surface area contributed by atoms with Crippen molar-refractivity contribution in [2.75, 3.05) is 11.1 Å². The van der Waals surface area contributed by atoms with E-state index in [4.69, 9.17) is 4.99 Å². The van der Waals surface area contributed by atoms with Crippen molar-refractivity contribution in [3.8, 4) is 0 Å². The maximum Gasteiger partial charge on any atom is 0.161 e. The van der Waals surface area contributed by atoms with Crippen LogP contribution in [0.4, 0.5) is 5.69 Å². The van der Waals surface area contributed by atoms with Gasteiger partial charge in [-0.05, 0) is 35.4 Å². The Balaban J connectivity index is 2.07. The van der Waals surface area contributed by atoms with Crippen LogP contribution in [0, 0.1) is 5.92 Å². The minimum absolute atomic E-state index is 0.207. The predicted octanol–water partition coefficient (Wildman–Crippen LogP) is 4.91. The lowest BCUT2D eigenvalue weighted by Gasteiger charge is -2.24. The molecule has 1 heterocycles. The summed E-state index contributed by atoms with van der Waals surface area (Å²) in [6.45, 7) is 11.2. The van der Waals surface area contributed by atoms with Crippen LogP contribution >= 0.6 is 11.8 Å². The highest BCUT2D eigenvalue weighted by atomic mass is 32.2. The van der Waals surface area contributed by atoms with Crippen molar-refractivity contribution in [2.24, 2.45) is 10.9 Å². The van der Waals surface area contributed by atoms with Gasteiger partial charge in [-0.2, -0.15) is 0 Å². The summed E-state index contributed by atoms with van der Waals surface area (Å²) in [5.74, 6) is 1.78. The number of thioether (sulfide) groups is 1. The summed E-state index contributed by atoms with van der Waals surface area (Å²) in [7, 11) is 0. The average molecular weight is 290 g/mol. The standard InChI is InChI=1S/C17H26N2S/c1-12(2)15-10-11-20-16(19-15)18-14-8-6-13(7-9-14)17(3,4)5/h6-9,12,15H,10-11H2,1-5H3,(H,18,19). The molecule has 2 nitrogen and oxygen atoms in total. The maximum atomic E-state index is 4.82. The Labute approximate surface area is 127 Å². The Bertz CT molecular complexity index is 469. The molecule has 1 atom stereocenters. The van der Waals surface area contributed by atoms with Gasteiger partial charge < -0.3 is 5.32 Å². The second-order valence-corrected chi connectivity index (χ2v) is 7.92. The third kappa shape index (κ3) is 4.02. The summed E-state index contributed by atoms with van der Waals surface area (Å²) in [6, 6.07) is 9.19. The Kier molecular flexibility index (Phi) is 4.79. The van der Waals surface area contributed by atoms with E-state index in [9.17, 15) is 0 Å². The number of nitrogens with zero attached hydrogens (tertiary/aromatic N) is 1. The number of rotatable bonds is 2. The van der Waals surface area contributed by atoms with Gasteiger partial charge in [0.2, 0.25) is 0 Å². The van der Waals surface area contributed by atoms with Gasteiger partial charge in [-0.15, -0.1) is 0 Å². The van der Waals surface area contributed by atoms with Crippen LogP contribution in [0.5, 0.6) is 0 Å². The Morgan fingerprint density at radius 2 is 1.85 bits per heavy atom. The predicted molar refractivity (Wildman–Crippen MR) is 91.9 cm³/mol. The first-order valence-corrected chi connectivity index (χ1v) is 8.43. The third-order valence-corrected chi connectivity index (χ3v) is 4.63. The van der Waals surface area contributed by atoms with Crippen LogP contribution in [0.3, 0.4) is 0 Å². The maximum absolute atomic E-state index is 4.82. The van der Waals surface area contributed by atoms with E-state index < -0.39 is 0 Å². The quantitative estimate of drug-likeness (QED) is 0.836. The van der Waals surface area contributed by atoms with E-state index in [-0.39, 0.29) is 5.41 Å². The average Bonchev–Trinajstić information content (AvgIpc) is 2.38. The van der Waals surface area contributed by atoms with Crippen molar-refractivity contribution >= 4 is 22.6 Å². The lowest BCUT2D eigenvalue weighted by molar-refractivity contribution is 0.485. The molecule has 0 spiro atoms. The summed E-state index contributed by atoms with van der Waals surface area (Å²) >= 11 is 1.83. The van der Waals surface area contributed by atoms with Crippen molar-refractivity contribution in [3.63, 3.8) is 0 Å². The van der Waals surface area contributed by atoms with Gasteiger partial charge in [-0.1, -0.05) is 58.5 Å². The largest absolute Gasteiger partial charge is 0.335 e. The molecule has 0 saturated heterocycles. The van der Waals surface area contributed by atoms with Gasteiger partial charge in [-0.25, -0.2) is 0 Å². The van der Waals surface area contributed by atoms with Gasteiger partial charge in [-0.3, -0.25) is 4.99 Å². The van der Waals surface area contributed by atoms with Crippen molar-refractivity contribution in [1.82, 2.24) is 0 Å². The van der Waals surface area contributed by atoms with E-state index in [0.717, 1.165) is 16.6 Å². The molecule has 1 aliphatic heterocycles. The van der Waals surface area contributed by atoms with Crippen molar-refractivity contribution in [3.05, 3.63) is 29.8 Å². The first kappa shape index (κ1) is 15.4. The topological polar surface area (TPSA) is 24.4 Å². The van der Waals surface area contributed by atoms with E-state index in [1.54, 1.807) is 0 Å². The lowest BCUT2D eigenvalue weighted by atomic mass is 9.87. The zero-order valence-corrected chi connectivity index (χ0v) is 14.1. The Morgan fingerprint density at radius 3 is 2.40 bits per heavy atom. The zero-order chi connectivity index (χ0) is 14.8. The number of hydrogen-bond acceptors (Lipinski definition) is 3. The lowest BCUT2D eigenvalue weighted by Crippen LogP contribution is -2.23.